The van der Waals surface area contributed by atoms with Crippen LogP contribution in [0, 0.1) is 0 Å². The lowest BCUT2D eigenvalue weighted by Gasteiger charge is -2.26. The van der Waals surface area contributed by atoms with Gasteiger partial charge < -0.3 is 29.0 Å². The molecule has 0 bridgehead atoms. The van der Waals surface area contributed by atoms with Crippen molar-refractivity contribution in [3.63, 3.8) is 0 Å². The summed E-state index contributed by atoms with van der Waals surface area (Å²) < 4.78 is 91.0. The summed E-state index contributed by atoms with van der Waals surface area (Å²) in [6, 6.07) is 29.5. The molecule has 0 radical (unpaired) electrons. The van der Waals surface area contributed by atoms with Crippen LogP contribution in [-0.2, 0) is 49.2 Å². The van der Waals surface area contributed by atoms with Gasteiger partial charge in [-0.3, -0.25) is 0 Å². The van der Waals surface area contributed by atoms with E-state index < -0.39 is 47.5 Å². The van der Waals surface area contributed by atoms with Crippen LogP contribution >= 0.6 is 0 Å². The molecule has 6 aromatic rings. The van der Waals surface area contributed by atoms with Crippen molar-refractivity contribution in [2.24, 2.45) is 0 Å². The van der Waals surface area contributed by atoms with Gasteiger partial charge in [-0.2, -0.15) is 9.10 Å². The van der Waals surface area contributed by atoms with Gasteiger partial charge >= 0.3 is 12.1 Å². The summed E-state index contributed by atoms with van der Waals surface area (Å²) >= 11 is 0. The number of nitrogens with one attached hydrogen (secondary N) is 2. The molecule has 0 aliphatic rings. The van der Waals surface area contributed by atoms with E-state index in [1.165, 1.54) is 50.4 Å². The zero-order valence-electron chi connectivity index (χ0n) is 37.5. The number of hydrogen-bond acceptors (Lipinski definition) is 14. The maximum atomic E-state index is 15.9. The minimum atomic E-state index is -4.97. The number of carbonyl (C=O) groups is 2. The Balaban J connectivity index is 1.59. The molecule has 5 aromatic carbocycles. The fraction of sp³-hybridized carbons (Fsp3) is 0.283. The Morgan fingerprint density at radius 1 is 0.712 bits per heavy atom. The van der Waals surface area contributed by atoms with Gasteiger partial charge in [-0.15, -0.1) is 10.2 Å². The molecule has 0 saturated heterocycles. The molecule has 18 nitrogen and oxygen atoms in total. The number of aromatic nitrogens is 4. The van der Waals surface area contributed by atoms with Gasteiger partial charge in [0.15, 0.2) is 0 Å². The molecule has 1 amide bonds. The van der Waals surface area contributed by atoms with Crippen molar-refractivity contribution in [2.75, 3.05) is 41.5 Å². The summed E-state index contributed by atoms with van der Waals surface area (Å²) in [6.45, 7) is 4.13. The van der Waals surface area contributed by atoms with E-state index in [0.29, 0.717) is 33.9 Å². The molecule has 348 valence electrons. The van der Waals surface area contributed by atoms with Gasteiger partial charge in [0.2, 0.25) is 25.9 Å². The summed E-state index contributed by atoms with van der Waals surface area (Å²) in [7, 11) is -3.93. The number of benzene rings is 5. The highest BCUT2D eigenvalue weighted by Gasteiger charge is 2.38. The zero-order chi connectivity index (χ0) is 47.6. The Labute approximate surface area is 383 Å². The number of ether oxygens (including phenoxy) is 5. The predicted octanol–water partition coefficient (Wildman–Crippen LogP) is 6.06. The molecular formula is C46H51N7O11S2. The normalized spacial score (nSPS) is 11.8. The van der Waals surface area contributed by atoms with E-state index in [0.717, 1.165) is 9.87 Å². The summed E-state index contributed by atoms with van der Waals surface area (Å²) in [6.07, 6.45) is -0.776. The number of sulfonamides is 2. The van der Waals surface area contributed by atoms with E-state index in [-0.39, 0.29) is 55.2 Å². The maximum Gasteiger partial charge on any atom is 0.407 e. The number of alkyl carbamates (subject to hydrolysis) is 1. The first-order valence-corrected chi connectivity index (χ1v) is 23.4. The smallest absolute Gasteiger partial charge is 0.407 e. The fourth-order valence-corrected chi connectivity index (χ4v) is 10.1. The number of tetrazole rings is 1. The molecule has 0 aliphatic carbocycles. The van der Waals surface area contributed by atoms with Crippen molar-refractivity contribution in [3.8, 4) is 39.8 Å². The van der Waals surface area contributed by atoms with Crippen LogP contribution < -0.4 is 24.2 Å². The van der Waals surface area contributed by atoms with Gasteiger partial charge in [0.25, 0.3) is 0 Å². The molecule has 0 spiro atoms. The molecule has 0 atom stereocenters. The van der Waals surface area contributed by atoms with Crippen LogP contribution in [0.1, 0.15) is 47.8 Å². The molecular weight excluding hydrogens is 891 g/mol. The third-order valence-electron chi connectivity index (χ3n) is 9.88. The fourth-order valence-electron chi connectivity index (χ4n) is 6.70. The lowest BCUT2D eigenvalue weighted by atomic mass is 9.97. The molecule has 2 N–H and O–H groups in total. The second kappa shape index (κ2) is 21.0. The summed E-state index contributed by atoms with van der Waals surface area (Å²) in [5.74, 6) is 0.802. The quantitative estimate of drug-likeness (QED) is 0.0697. The summed E-state index contributed by atoms with van der Waals surface area (Å²) in [4.78, 5) is 25.2. The Kier molecular flexibility index (Phi) is 15.4. The van der Waals surface area contributed by atoms with Crippen molar-refractivity contribution in [2.45, 2.75) is 55.8 Å². The van der Waals surface area contributed by atoms with E-state index in [9.17, 15) is 18.0 Å². The minimum Gasteiger partial charge on any atom is -0.497 e. The second-order valence-corrected chi connectivity index (χ2v) is 19.3. The van der Waals surface area contributed by atoms with Crippen molar-refractivity contribution in [1.82, 2.24) is 34.6 Å². The van der Waals surface area contributed by atoms with Crippen LogP contribution in [0.15, 0.2) is 119 Å². The lowest BCUT2D eigenvalue weighted by Crippen LogP contribution is -2.38. The molecule has 0 unspecified atom stereocenters. The van der Waals surface area contributed by atoms with E-state index in [1.54, 1.807) is 113 Å². The van der Waals surface area contributed by atoms with Crippen LogP contribution in [0.2, 0.25) is 0 Å². The largest absolute Gasteiger partial charge is 0.497 e. The molecule has 0 aliphatic heterocycles. The topological polar surface area (TPSA) is 219 Å². The highest BCUT2D eigenvalue weighted by atomic mass is 32.2. The van der Waals surface area contributed by atoms with E-state index in [2.05, 4.69) is 25.4 Å². The van der Waals surface area contributed by atoms with Gasteiger partial charge in [-0.25, -0.2) is 31.1 Å². The molecule has 20 heteroatoms. The first-order chi connectivity index (χ1) is 31.4. The average Bonchev–Trinajstić information content (AvgIpc) is 3.77. The van der Waals surface area contributed by atoms with Crippen molar-refractivity contribution in [3.05, 3.63) is 131 Å². The first-order valence-electron chi connectivity index (χ1n) is 20.4. The van der Waals surface area contributed by atoms with Gasteiger partial charge in [-0.05, 0) is 108 Å². The SMILES string of the molecule is COC(=O)c1cccc(-c2ccc(S(=O)(=O)NCCNC(=O)OC(C)(C)C)c(S(=O)(=O)N(Cc3ccc(OC)cc3)Cc3ccc(OC)cc3)c2-c2nnn(Cc3ccc(OC)cc3)n2)c1. The molecule has 0 fully saturated rings. The van der Waals surface area contributed by atoms with E-state index >= 15 is 8.42 Å². The van der Waals surface area contributed by atoms with Crippen LogP contribution in [-0.4, -0.2) is 101 Å². The number of hydrogen-bond donors (Lipinski definition) is 2. The highest BCUT2D eigenvalue weighted by molar-refractivity contribution is 7.92. The number of esters is 1. The van der Waals surface area contributed by atoms with Gasteiger partial charge in [-0.1, -0.05) is 54.6 Å². The lowest BCUT2D eigenvalue weighted by molar-refractivity contribution is 0.0527. The highest BCUT2D eigenvalue weighted by Crippen LogP contribution is 2.41. The molecule has 66 heavy (non-hydrogen) atoms. The standard InChI is InChI=1S/C46H51N7O11S2/c1-46(2,3)64-45(55)47-25-26-48-65(56,57)40-24-23-39(34-9-8-10-35(27-34)44(54)63-7)41(43-49-51-53(50-43)30-33-15-21-38(62-6)22-16-33)42(40)66(58,59)52(28-31-11-17-36(60-4)18-12-31)29-32-13-19-37(61-5)20-14-32/h8-24,27,48H,25-26,28-30H2,1-7H3,(H,47,55). The number of nitrogens with zero attached hydrogens (tertiary/aromatic N) is 5. The van der Waals surface area contributed by atoms with Crippen LogP contribution in [0.25, 0.3) is 22.5 Å². The van der Waals surface area contributed by atoms with Crippen molar-refractivity contribution in [1.29, 1.82) is 0 Å². The Bertz CT molecular complexity index is 2820. The Morgan fingerprint density at radius 2 is 1.27 bits per heavy atom. The molecule has 1 aromatic heterocycles. The van der Waals surface area contributed by atoms with Crippen molar-refractivity contribution < 1.29 is 50.1 Å². The minimum absolute atomic E-state index is 0.0947. The number of carbonyl (C=O) groups excluding carboxylic acids is 2. The average molecular weight is 942 g/mol. The molecule has 6 rings (SSSR count). The van der Waals surface area contributed by atoms with Crippen LogP contribution in [0.5, 0.6) is 17.2 Å². The zero-order valence-corrected chi connectivity index (χ0v) is 39.1. The monoisotopic (exact) mass is 941 g/mol. The second-order valence-electron chi connectivity index (χ2n) is 15.7. The van der Waals surface area contributed by atoms with E-state index in [1.807, 2.05) is 0 Å². The van der Waals surface area contributed by atoms with Crippen molar-refractivity contribution >= 4 is 32.1 Å². The molecule has 1 heterocycles. The predicted molar refractivity (Wildman–Crippen MR) is 244 cm³/mol. The number of rotatable bonds is 19. The summed E-state index contributed by atoms with van der Waals surface area (Å²) in [5.41, 5.74) is 1.43. The number of amides is 1. The third-order valence-corrected chi connectivity index (χ3v) is 13.4. The Hall–Kier alpha value is -6.87. The third kappa shape index (κ3) is 12.1. The van der Waals surface area contributed by atoms with Crippen LogP contribution in [0.3, 0.4) is 0 Å². The summed E-state index contributed by atoms with van der Waals surface area (Å²) in [5, 5.41) is 15.8. The maximum absolute atomic E-state index is 15.9. The molecule has 0 saturated carbocycles. The Morgan fingerprint density at radius 3 is 1.80 bits per heavy atom. The van der Waals surface area contributed by atoms with Crippen LogP contribution in [0.4, 0.5) is 4.79 Å². The van der Waals surface area contributed by atoms with Gasteiger partial charge in [0.1, 0.15) is 32.6 Å². The van der Waals surface area contributed by atoms with Gasteiger partial charge in [0, 0.05) is 26.2 Å². The van der Waals surface area contributed by atoms with E-state index in [4.69, 9.17) is 23.7 Å². The number of methoxy groups -OCH3 is 4. The van der Waals surface area contributed by atoms with Gasteiger partial charge in [0.05, 0.1) is 46.1 Å². The first kappa shape index (κ1) is 48.6.